The second kappa shape index (κ2) is 8.23. The van der Waals surface area contributed by atoms with Gasteiger partial charge >= 0.3 is 0 Å². The van der Waals surface area contributed by atoms with Crippen LogP contribution in [0.15, 0.2) is 0 Å². The van der Waals surface area contributed by atoms with Gasteiger partial charge in [0.2, 0.25) is 0 Å². The van der Waals surface area contributed by atoms with Gasteiger partial charge in [0.1, 0.15) is 0 Å². The molecule has 0 radical (unpaired) electrons. The van der Waals surface area contributed by atoms with Gasteiger partial charge in [-0.05, 0) is 38.6 Å². The molecule has 1 fully saturated rings. The van der Waals surface area contributed by atoms with E-state index in [9.17, 15) is 0 Å². The number of hydrogen-bond donors (Lipinski definition) is 1. The Kier molecular flexibility index (Phi) is 7.33. The summed E-state index contributed by atoms with van der Waals surface area (Å²) in [7, 11) is 0. The average molecular weight is 270 g/mol. The molecule has 3 heteroatoms. The molecule has 1 aliphatic rings. The highest BCUT2D eigenvalue weighted by Gasteiger charge is 2.32. The zero-order chi connectivity index (χ0) is 14.3. The lowest BCUT2D eigenvalue weighted by atomic mass is 9.92. The van der Waals surface area contributed by atoms with Crippen molar-refractivity contribution in [1.29, 1.82) is 0 Å². The smallest absolute Gasteiger partial charge is 0.0593 e. The molecule has 1 rings (SSSR count). The van der Waals surface area contributed by atoms with Gasteiger partial charge in [-0.3, -0.25) is 4.90 Å². The molecular weight excluding hydrogens is 236 g/mol. The van der Waals surface area contributed by atoms with Crippen LogP contribution >= 0.6 is 0 Å². The summed E-state index contributed by atoms with van der Waals surface area (Å²) >= 11 is 0. The lowest BCUT2D eigenvalue weighted by molar-refractivity contribution is 0.0659. The molecule has 114 valence electrons. The lowest BCUT2D eigenvalue weighted by Gasteiger charge is -2.37. The van der Waals surface area contributed by atoms with Crippen LogP contribution in [0.25, 0.3) is 0 Å². The highest BCUT2D eigenvalue weighted by atomic mass is 16.5. The Morgan fingerprint density at radius 2 is 2.00 bits per heavy atom. The fourth-order valence-corrected chi connectivity index (χ4v) is 2.85. The Hall–Kier alpha value is -0.120. The Balaban J connectivity index is 2.48. The highest BCUT2D eigenvalue weighted by molar-refractivity contribution is 4.93. The second-order valence-corrected chi connectivity index (χ2v) is 6.49. The highest BCUT2D eigenvalue weighted by Crippen LogP contribution is 2.22. The van der Waals surface area contributed by atoms with Crippen molar-refractivity contribution >= 4 is 0 Å². The van der Waals surface area contributed by atoms with E-state index < -0.39 is 0 Å². The zero-order valence-electron chi connectivity index (χ0n) is 13.7. The van der Waals surface area contributed by atoms with Crippen LogP contribution in [0, 0.1) is 5.92 Å². The minimum absolute atomic E-state index is 0.308. The summed E-state index contributed by atoms with van der Waals surface area (Å²) in [6.07, 6.45) is 3.66. The molecule has 1 atom stereocenters. The van der Waals surface area contributed by atoms with Crippen LogP contribution in [0.4, 0.5) is 0 Å². The zero-order valence-corrected chi connectivity index (χ0v) is 13.7. The van der Waals surface area contributed by atoms with E-state index in [1.54, 1.807) is 0 Å². The van der Waals surface area contributed by atoms with Crippen molar-refractivity contribution < 1.29 is 4.74 Å². The van der Waals surface area contributed by atoms with Crippen molar-refractivity contribution in [2.24, 2.45) is 5.92 Å². The summed E-state index contributed by atoms with van der Waals surface area (Å²) in [6, 6.07) is 0.662. The van der Waals surface area contributed by atoms with Gasteiger partial charge in [0.15, 0.2) is 0 Å². The summed E-state index contributed by atoms with van der Waals surface area (Å²) in [5.74, 6) is 0.633. The first-order valence-corrected chi connectivity index (χ1v) is 8.09. The molecule has 19 heavy (non-hydrogen) atoms. The van der Waals surface area contributed by atoms with E-state index in [0.29, 0.717) is 17.5 Å². The molecule has 1 heterocycles. The molecule has 1 saturated heterocycles. The quantitative estimate of drug-likeness (QED) is 0.720. The molecule has 0 amide bonds. The predicted molar refractivity (Wildman–Crippen MR) is 82.6 cm³/mol. The number of rotatable bonds is 7. The Morgan fingerprint density at radius 1 is 1.32 bits per heavy atom. The van der Waals surface area contributed by atoms with E-state index in [2.05, 4.69) is 44.8 Å². The molecular formula is C16H34N2O. The molecule has 0 aromatic heterocycles. The predicted octanol–water partition coefficient (Wildman–Crippen LogP) is 2.90. The summed E-state index contributed by atoms with van der Waals surface area (Å²) in [4.78, 5) is 2.62. The summed E-state index contributed by atoms with van der Waals surface area (Å²) < 4.78 is 5.76. The van der Waals surface area contributed by atoms with Gasteiger partial charge in [-0.2, -0.15) is 0 Å². The third-order valence-corrected chi connectivity index (χ3v) is 4.52. The summed E-state index contributed by atoms with van der Waals surface area (Å²) in [6.45, 7) is 16.5. The maximum absolute atomic E-state index is 5.76. The first-order chi connectivity index (χ1) is 9.03. The Bertz CT molecular complexity index is 239. The van der Waals surface area contributed by atoms with Gasteiger partial charge < -0.3 is 10.1 Å². The second-order valence-electron chi connectivity index (χ2n) is 6.49. The number of nitrogens with one attached hydrogen (secondary N) is 1. The molecule has 1 N–H and O–H groups in total. The molecule has 0 spiro atoms. The fraction of sp³-hybridized carbons (Fsp3) is 1.00. The third kappa shape index (κ3) is 5.41. The average Bonchev–Trinajstić information content (AvgIpc) is 2.55. The van der Waals surface area contributed by atoms with Crippen LogP contribution in [0.3, 0.4) is 0 Å². The fourth-order valence-electron chi connectivity index (χ4n) is 2.85. The lowest BCUT2D eigenvalue weighted by Crippen LogP contribution is -2.52. The monoisotopic (exact) mass is 270 g/mol. The van der Waals surface area contributed by atoms with Gasteiger partial charge in [0.05, 0.1) is 6.61 Å². The molecule has 0 aromatic carbocycles. The molecule has 0 aliphatic carbocycles. The normalized spacial score (nSPS) is 24.6. The maximum atomic E-state index is 5.76. The standard InChI is InChI=1S/C16H34N2O/c1-6-16(7-2)13-18(15(5)8-9-17-16)10-11-19-12-14(3)4/h14-15,17H,6-13H2,1-5H3. The minimum atomic E-state index is 0.308. The molecule has 0 bridgehead atoms. The molecule has 0 saturated carbocycles. The van der Waals surface area contributed by atoms with Crippen molar-refractivity contribution in [2.45, 2.75) is 65.5 Å². The van der Waals surface area contributed by atoms with Crippen molar-refractivity contribution in [2.75, 3.05) is 32.8 Å². The largest absolute Gasteiger partial charge is 0.380 e. The molecule has 1 aliphatic heterocycles. The Morgan fingerprint density at radius 3 is 2.58 bits per heavy atom. The van der Waals surface area contributed by atoms with E-state index >= 15 is 0 Å². The van der Waals surface area contributed by atoms with Gasteiger partial charge in [-0.1, -0.05) is 27.7 Å². The topological polar surface area (TPSA) is 24.5 Å². The number of nitrogens with zero attached hydrogens (tertiary/aromatic N) is 1. The molecule has 1 unspecified atom stereocenters. The van der Waals surface area contributed by atoms with E-state index in [0.717, 1.165) is 32.8 Å². The van der Waals surface area contributed by atoms with E-state index in [4.69, 9.17) is 4.74 Å². The third-order valence-electron chi connectivity index (χ3n) is 4.52. The van der Waals surface area contributed by atoms with Crippen molar-refractivity contribution in [3.05, 3.63) is 0 Å². The van der Waals surface area contributed by atoms with Crippen molar-refractivity contribution in [1.82, 2.24) is 10.2 Å². The SMILES string of the molecule is CCC1(CC)CN(CCOCC(C)C)C(C)CCN1. The van der Waals surface area contributed by atoms with Crippen molar-refractivity contribution in [3.8, 4) is 0 Å². The minimum Gasteiger partial charge on any atom is -0.380 e. The van der Waals surface area contributed by atoms with E-state index in [-0.39, 0.29) is 0 Å². The van der Waals surface area contributed by atoms with Crippen LogP contribution in [-0.2, 0) is 4.74 Å². The van der Waals surface area contributed by atoms with Gasteiger partial charge in [-0.25, -0.2) is 0 Å². The van der Waals surface area contributed by atoms with Crippen LogP contribution < -0.4 is 5.32 Å². The van der Waals surface area contributed by atoms with Crippen molar-refractivity contribution in [3.63, 3.8) is 0 Å². The maximum Gasteiger partial charge on any atom is 0.0593 e. The summed E-state index contributed by atoms with van der Waals surface area (Å²) in [5.41, 5.74) is 0.308. The van der Waals surface area contributed by atoms with Gasteiger partial charge in [-0.15, -0.1) is 0 Å². The van der Waals surface area contributed by atoms with Crippen LogP contribution in [-0.4, -0.2) is 49.3 Å². The van der Waals surface area contributed by atoms with Crippen LogP contribution in [0.1, 0.15) is 53.9 Å². The Labute approximate surface area is 120 Å². The first-order valence-electron chi connectivity index (χ1n) is 8.09. The van der Waals surface area contributed by atoms with E-state index in [1.807, 2.05) is 0 Å². The number of hydrogen-bond acceptors (Lipinski definition) is 3. The van der Waals surface area contributed by atoms with E-state index in [1.165, 1.54) is 19.3 Å². The number of ether oxygens (including phenoxy) is 1. The van der Waals surface area contributed by atoms with Gasteiger partial charge in [0.25, 0.3) is 0 Å². The molecule has 0 aromatic rings. The first kappa shape index (κ1) is 16.9. The van der Waals surface area contributed by atoms with Gasteiger partial charge in [0, 0.05) is 31.3 Å². The molecule has 3 nitrogen and oxygen atoms in total. The van der Waals surface area contributed by atoms with Crippen LogP contribution in [0.2, 0.25) is 0 Å². The van der Waals surface area contributed by atoms with Crippen LogP contribution in [0.5, 0.6) is 0 Å². The summed E-state index contributed by atoms with van der Waals surface area (Å²) in [5, 5.41) is 3.78.